The molecule has 3 amide bonds. The molecule has 3 aliphatic heterocycles. The predicted octanol–water partition coefficient (Wildman–Crippen LogP) is 2.69. The number of hydrogen-bond donors (Lipinski definition) is 2. The van der Waals surface area contributed by atoms with Crippen molar-refractivity contribution >= 4 is 23.4 Å². The molecule has 9 heteroatoms. The molecule has 200 valence electrons. The van der Waals surface area contributed by atoms with Gasteiger partial charge in [-0.2, -0.15) is 0 Å². The lowest BCUT2D eigenvalue weighted by Gasteiger charge is -2.41. The smallest absolute Gasteiger partial charge is 0.255 e. The molecule has 1 atom stereocenters. The Hall–Kier alpha value is -2.52. The summed E-state index contributed by atoms with van der Waals surface area (Å²) >= 11 is 0. The number of alkyl halides is 1. The minimum absolute atomic E-state index is 0.124. The normalized spacial score (nSPS) is 29.1. The van der Waals surface area contributed by atoms with Crippen molar-refractivity contribution < 1.29 is 23.5 Å². The van der Waals surface area contributed by atoms with Crippen molar-refractivity contribution in [3.05, 3.63) is 29.3 Å². The van der Waals surface area contributed by atoms with Gasteiger partial charge in [0.1, 0.15) is 6.04 Å². The molecule has 37 heavy (non-hydrogen) atoms. The third-order valence-electron chi connectivity index (χ3n) is 8.91. The van der Waals surface area contributed by atoms with Crippen LogP contribution >= 0.6 is 0 Å². The summed E-state index contributed by atoms with van der Waals surface area (Å²) in [6.45, 7) is 2.10. The number of benzene rings is 1. The van der Waals surface area contributed by atoms with Gasteiger partial charge in [-0.3, -0.25) is 19.7 Å². The van der Waals surface area contributed by atoms with Gasteiger partial charge in [0.15, 0.2) is 5.67 Å². The first kappa shape index (κ1) is 24.8. The van der Waals surface area contributed by atoms with Crippen LogP contribution in [-0.2, 0) is 20.9 Å². The molecule has 0 aromatic heterocycles. The number of fused-ring (bicyclic) bond motifs is 1. The summed E-state index contributed by atoms with van der Waals surface area (Å²) in [7, 11) is 0. The maximum atomic E-state index is 14.4. The largest absolute Gasteiger partial charge is 0.375 e. The number of amides is 3. The van der Waals surface area contributed by atoms with Crippen LogP contribution in [0.4, 0.5) is 10.1 Å². The van der Waals surface area contributed by atoms with E-state index in [1.807, 2.05) is 12.1 Å². The number of rotatable bonds is 9. The van der Waals surface area contributed by atoms with Gasteiger partial charge in [-0.25, -0.2) is 4.39 Å². The molecule has 2 saturated carbocycles. The number of ether oxygens (including phenoxy) is 1. The van der Waals surface area contributed by atoms with Gasteiger partial charge in [-0.05, 0) is 56.6 Å². The van der Waals surface area contributed by atoms with E-state index in [9.17, 15) is 18.8 Å². The van der Waals surface area contributed by atoms with Crippen molar-refractivity contribution in [2.45, 2.75) is 88.1 Å². The first-order valence-corrected chi connectivity index (χ1v) is 13.9. The number of carbonyl (C=O) groups is 3. The topological polar surface area (TPSA) is 91.0 Å². The summed E-state index contributed by atoms with van der Waals surface area (Å²) < 4.78 is 19.4. The van der Waals surface area contributed by atoms with Gasteiger partial charge in [0.05, 0.1) is 13.2 Å². The summed E-state index contributed by atoms with van der Waals surface area (Å²) in [5.41, 5.74) is 1.56. The Labute approximate surface area is 217 Å². The molecule has 2 saturated heterocycles. The van der Waals surface area contributed by atoms with Gasteiger partial charge in [0.25, 0.3) is 5.91 Å². The van der Waals surface area contributed by atoms with E-state index in [0.29, 0.717) is 37.2 Å². The van der Waals surface area contributed by atoms with Crippen molar-refractivity contribution in [1.82, 2.24) is 15.5 Å². The lowest BCUT2D eigenvalue weighted by molar-refractivity contribution is -0.136. The molecule has 4 fully saturated rings. The predicted molar refractivity (Wildman–Crippen MR) is 136 cm³/mol. The van der Waals surface area contributed by atoms with Crippen LogP contribution in [0.25, 0.3) is 0 Å². The molecule has 0 spiro atoms. The molecule has 0 radical (unpaired) electrons. The summed E-state index contributed by atoms with van der Waals surface area (Å²) in [4.78, 5) is 41.7. The van der Waals surface area contributed by atoms with Crippen LogP contribution in [0.5, 0.6) is 0 Å². The van der Waals surface area contributed by atoms with E-state index in [2.05, 4.69) is 21.6 Å². The van der Waals surface area contributed by atoms with Crippen molar-refractivity contribution in [2.24, 2.45) is 5.92 Å². The molecular weight excluding hydrogens is 475 g/mol. The molecular formula is C28H37FN4O4. The average Bonchev–Trinajstić information content (AvgIpc) is 3.65. The highest BCUT2D eigenvalue weighted by Gasteiger charge is 2.42. The second-order valence-electron chi connectivity index (χ2n) is 11.7. The zero-order valence-corrected chi connectivity index (χ0v) is 21.3. The molecule has 6 rings (SSSR count). The lowest BCUT2D eigenvalue weighted by Crippen LogP contribution is -2.55. The number of nitrogens with zero attached hydrogens (tertiary/aromatic N) is 2. The zero-order chi connectivity index (χ0) is 25.6. The van der Waals surface area contributed by atoms with Crippen LogP contribution in [0, 0.1) is 5.92 Å². The Morgan fingerprint density at radius 3 is 2.54 bits per heavy atom. The minimum atomic E-state index is -1.21. The number of imide groups is 1. The molecule has 2 aliphatic carbocycles. The summed E-state index contributed by atoms with van der Waals surface area (Å²) in [6.07, 6.45) is 8.41. The van der Waals surface area contributed by atoms with Gasteiger partial charge in [-0.15, -0.1) is 0 Å². The summed E-state index contributed by atoms with van der Waals surface area (Å²) in [6, 6.07) is 6.03. The van der Waals surface area contributed by atoms with E-state index in [1.54, 1.807) is 4.90 Å². The highest BCUT2D eigenvalue weighted by atomic mass is 19.1. The van der Waals surface area contributed by atoms with Gasteiger partial charge in [0, 0.05) is 55.0 Å². The number of anilines is 1. The number of halogens is 1. The van der Waals surface area contributed by atoms with Gasteiger partial charge < -0.3 is 19.9 Å². The number of piperidine rings is 1. The van der Waals surface area contributed by atoms with E-state index in [-0.39, 0.29) is 37.4 Å². The molecule has 0 bridgehead atoms. The number of hydrogen-bond acceptors (Lipinski definition) is 6. The van der Waals surface area contributed by atoms with E-state index in [1.165, 1.54) is 12.8 Å². The second kappa shape index (κ2) is 9.98. The fourth-order valence-electron chi connectivity index (χ4n) is 6.41. The monoisotopic (exact) mass is 512 g/mol. The van der Waals surface area contributed by atoms with E-state index in [0.717, 1.165) is 55.8 Å². The fourth-order valence-corrected chi connectivity index (χ4v) is 6.41. The molecule has 8 nitrogen and oxygen atoms in total. The first-order chi connectivity index (χ1) is 17.9. The highest BCUT2D eigenvalue weighted by molar-refractivity contribution is 6.06. The molecule has 3 heterocycles. The average molecular weight is 513 g/mol. The fraction of sp³-hybridized carbons (Fsp3) is 0.679. The highest BCUT2D eigenvalue weighted by Crippen LogP contribution is 2.39. The van der Waals surface area contributed by atoms with Gasteiger partial charge in [-0.1, -0.05) is 18.9 Å². The third kappa shape index (κ3) is 5.12. The van der Waals surface area contributed by atoms with Crippen LogP contribution in [-0.4, -0.2) is 72.7 Å². The first-order valence-electron chi connectivity index (χ1n) is 13.9. The van der Waals surface area contributed by atoms with Crippen LogP contribution in [0.1, 0.15) is 73.7 Å². The van der Waals surface area contributed by atoms with E-state index >= 15 is 0 Å². The summed E-state index contributed by atoms with van der Waals surface area (Å²) in [5, 5.41) is 5.83. The Morgan fingerprint density at radius 2 is 1.86 bits per heavy atom. The third-order valence-corrected chi connectivity index (χ3v) is 8.91. The number of nitrogens with one attached hydrogen (secondary N) is 2. The van der Waals surface area contributed by atoms with Crippen molar-refractivity contribution in [3.8, 4) is 0 Å². The second-order valence-corrected chi connectivity index (χ2v) is 11.7. The Balaban J connectivity index is 1.17. The Bertz CT molecular complexity index is 1060. The van der Waals surface area contributed by atoms with Crippen LogP contribution in [0.15, 0.2) is 18.2 Å². The molecule has 1 aromatic carbocycles. The molecule has 1 aromatic rings. The quantitative estimate of drug-likeness (QED) is 0.495. The molecule has 1 unspecified atom stereocenters. The van der Waals surface area contributed by atoms with Crippen molar-refractivity contribution in [1.29, 1.82) is 0 Å². The number of carbonyl (C=O) groups excluding carboxylic acids is 3. The lowest BCUT2D eigenvalue weighted by atomic mass is 9.88. The maximum Gasteiger partial charge on any atom is 0.255 e. The Morgan fingerprint density at radius 1 is 1.08 bits per heavy atom. The standard InChI is InChI=1S/C28H37FN4O4/c29-28(16-37-17-28)15-30-19-6-8-20(9-7-19)32(13-12-18-4-5-18)23-3-1-2-21-22(23)14-33(27(21)36)24-10-11-25(34)31-26(24)35/h1-3,18-20,24,30H,4-17H2,(H,31,34,35). The zero-order valence-electron chi connectivity index (χ0n) is 21.3. The minimum Gasteiger partial charge on any atom is -0.375 e. The van der Waals surface area contributed by atoms with E-state index < -0.39 is 11.7 Å². The van der Waals surface area contributed by atoms with Gasteiger partial charge >= 0.3 is 0 Å². The van der Waals surface area contributed by atoms with Crippen molar-refractivity contribution in [3.63, 3.8) is 0 Å². The maximum absolute atomic E-state index is 14.4. The van der Waals surface area contributed by atoms with Crippen molar-refractivity contribution in [2.75, 3.05) is 31.2 Å². The molecule has 2 N–H and O–H groups in total. The van der Waals surface area contributed by atoms with Crippen LogP contribution < -0.4 is 15.5 Å². The SMILES string of the molecule is O=C1CCC(N2Cc3c(cccc3N(CCC3CC3)C3CCC(NCC4(F)COC4)CC3)C2=O)C(=O)N1. The van der Waals surface area contributed by atoms with E-state index in [4.69, 9.17) is 4.74 Å². The van der Waals surface area contributed by atoms with Gasteiger partial charge in [0.2, 0.25) is 11.8 Å². The van der Waals surface area contributed by atoms with Crippen LogP contribution in [0.3, 0.4) is 0 Å². The summed E-state index contributed by atoms with van der Waals surface area (Å²) in [5.74, 6) is 0.0230. The Kier molecular flexibility index (Phi) is 6.69. The molecule has 5 aliphatic rings. The van der Waals surface area contributed by atoms with Crippen LogP contribution in [0.2, 0.25) is 0 Å².